The summed E-state index contributed by atoms with van der Waals surface area (Å²) >= 11 is 5.88. The van der Waals surface area contributed by atoms with Gasteiger partial charge in [0.25, 0.3) is 11.7 Å². The second kappa shape index (κ2) is 5.14. The highest BCUT2D eigenvalue weighted by Crippen LogP contribution is 2.36. The normalized spacial score (nSPS) is 14.9. The minimum Gasteiger partial charge on any atom is -0.374 e. The number of halogens is 2. The SMILES string of the molecule is CC(C)(C)OCCN1C(=O)C(=O)c2c(Cl)ccc(F)c21. The van der Waals surface area contributed by atoms with Crippen LogP contribution in [0, 0.1) is 5.82 Å². The quantitative estimate of drug-likeness (QED) is 0.806. The van der Waals surface area contributed by atoms with Crippen molar-refractivity contribution < 1.29 is 18.7 Å². The Morgan fingerprint density at radius 1 is 1.30 bits per heavy atom. The zero-order chi connectivity index (χ0) is 15.1. The standard InChI is InChI=1S/C14H15ClFNO3/c1-14(2,3)20-7-6-17-11-9(16)5-4-8(15)10(11)12(18)13(17)19/h4-5H,6-7H2,1-3H3. The van der Waals surface area contributed by atoms with Gasteiger partial charge in [0.15, 0.2) is 0 Å². The zero-order valence-electron chi connectivity index (χ0n) is 11.5. The summed E-state index contributed by atoms with van der Waals surface area (Å²) in [5, 5.41) is 0.0824. The van der Waals surface area contributed by atoms with Crippen LogP contribution in [0.25, 0.3) is 0 Å². The van der Waals surface area contributed by atoms with E-state index in [1.165, 1.54) is 6.07 Å². The molecule has 2 rings (SSSR count). The Kier molecular flexibility index (Phi) is 3.84. The van der Waals surface area contributed by atoms with E-state index < -0.39 is 17.5 Å². The number of benzene rings is 1. The van der Waals surface area contributed by atoms with Crippen LogP contribution in [-0.4, -0.2) is 30.4 Å². The number of hydrogen-bond acceptors (Lipinski definition) is 3. The highest BCUT2D eigenvalue weighted by molar-refractivity contribution is 6.55. The van der Waals surface area contributed by atoms with Crippen molar-refractivity contribution in [3.05, 3.63) is 28.5 Å². The van der Waals surface area contributed by atoms with Crippen LogP contribution in [0.1, 0.15) is 31.1 Å². The summed E-state index contributed by atoms with van der Waals surface area (Å²) in [7, 11) is 0. The molecule has 1 aromatic rings. The van der Waals surface area contributed by atoms with Gasteiger partial charge < -0.3 is 4.74 Å². The number of Topliss-reactive ketones (excluding diaryl/α,β-unsaturated/α-hetero) is 1. The number of carbonyl (C=O) groups is 2. The van der Waals surface area contributed by atoms with E-state index in [1.54, 1.807) is 0 Å². The molecular weight excluding hydrogens is 285 g/mol. The second-order valence-electron chi connectivity index (χ2n) is 5.50. The van der Waals surface area contributed by atoms with Crippen LogP contribution in [0.5, 0.6) is 0 Å². The van der Waals surface area contributed by atoms with E-state index in [1.807, 2.05) is 20.8 Å². The third-order valence-corrected chi connectivity index (χ3v) is 3.18. The van der Waals surface area contributed by atoms with Crippen LogP contribution in [0.4, 0.5) is 10.1 Å². The van der Waals surface area contributed by atoms with Gasteiger partial charge in [0, 0.05) is 6.54 Å². The van der Waals surface area contributed by atoms with Gasteiger partial charge in [0.05, 0.1) is 28.5 Å². The average molecular weight is 300 g/mol. The molecule has 1 amide bonds. The fourth-order valence-electron chi connectivity index (χ4n) is 2.01. The summed E-state index contributed by atoms with van der Waals surface area (Å²) < 4.78 is 19.4. The molecule has 1 aliphatic heterocycles. The van der Waals surface area contributed by atoms with E-state index in [4.69, 9.17) is 16.3 Å². The first kappa shape index (κ1) is 14.9. The van der Waals surface area contributed by atoms with E-state index >= 15 is 0 Å². The smallest absolute Gasteiger partial charge is 0.299 e. The third-order valence-electron chi connectivity index (χ3n) is 2.86. The van der Waals surface area contributed by atoms with E-state index in [-0.39, 0.29) is 35.0 Å². The Hall–Kier alpha value is -1.46. The number of fused-ring (bicyclic) bond motifs is 1. The van der Waals surface area contributed by atoms with Crippen LogP contribution in [0.15, 0.2) is 12.1 Å². The van der Waals surface area contributed by atoms with Crippen molar-refractivity contribution >= 4 is 29.0 Å². The lowest BCUT2D eigenvalue weighted by Gasteiger charge is -2.23. The summed E-state index contributed by atoms with van der Waals surface area (Å²) in [6.45, 7) is 5.92. The van der Waals surface area contributed by atoms with Crippen molar-refractivity contribution in [1.82, 2.24) is 0 Å². The molecule has 0 fully saturated rings. The third kappa shape index (κ3) is 2.69. The van der Waals surface area contributed by atoms with Crippen LogP contribution in [-0.2, 0) is 9.53 Å². The van der Waals surface area contributed by atoms with Crippen molar-refractivity contribution in [2.75, 3.05) is 18.1 Å². The number of anilines is 1. The minimum absolute atomic E-state index is 0.0509. The first-order valence-corrected chi connectivity index (χ1v) is 6.58. The Balaban J connectivity index is 2.27. The maximum Gasteiger partial charge on any atom is 0.299 e. The molecule has 1 aliphatic rings. The first-order valence-electron chi connectivity index (χ1n) is 6.20. The summed E-state index contributed by atoms with van der Waals surface area (Å²) in [5.41, 5.74) is -0.486. The molecule has 20 heavy (non-hydrogen) atoms. The van der Waals surface area contributed by atoms with Gasteiger partial charge in [0.2, 0.25) is 0 Å². The average Bonchev–Trinajstić information content (AvgIpc) is 2.58. The van der Waals surface area contributed by atoms with Crippen molar-refractivity contribution in [3.63, 3.8) is 0 Å². The number of carbonyl (C=O) groups excluding carboxylic acids is 2. The molecule has 108 valence electrons. The van der Waals surface area contributed by atoms with Crippen LogP contribution in [0.3, 0.4) is 0 Å². The van der Waals surface area contributed by atoms with Gasteiger partial charge in [-0.15, -0.1) is 0 Å². The van der Waals surface area contributed by atoms with E-state index in [2.05, 4.69) is 0 Å². The van der Waals surface area contributed by atoms with E-state index in [0.29, 0.717) is 0 Å². The Bertz CT molecular complexity index is 581. The van der Waals surface area contributed by atoms with Gasteiger partial charge in [-0.2, -0.15) is 0 Å². The molecule has 1 aromatic carbocycles. The molecule has 0 saturated heterocycles. The lowest BCUT2D eigenvalue weighted by Crippen LogP contribution is -2.35. The molecule has 0 radical (unpaired) electrons. The molecule has 0 aromatic heterocycles. The highest BCUT2D eigenvalue weighted by atomic mass is 35.5. The number of amides is 1. The monoisotopic (exact) mass is 299 g/mol. The molecule has 1 heterocycles. The number of ketones is 1. The maximum absolute atomic E-state index is 13.9. The molecule has 0 aliphatic carbocycles. The van der Waals surface area contributed by atoms with Gasteiger partial charge in [-0.1, -0.05) is 11.6 Å². The number of nitrogens with zero attached hydrogens (tertiary/aromatic N) is 1. The second-order valence-corrected chi connectivity index (χ2v) is 5.91. The number of ether oxygens (including phenoxy) is 1. The van der Waals surface area contributed by atoms with Crippen LogP contribution >= 0.6 is 11.6 Å². The molecule has 0 spiro atoms. The Labute approximate surface area is 121 Å². The summed E-state index contributed by atoms with van der Waals surface area (Å²) in [6, 6.07) is 2.42. The molecular formula is C14H15ClFNO3. The van der Waals surface area contributed by atoms with Gasteiger partial charge in [-0.25, -0.2) is 4.39 Å². The van der Waals surface area contributed by atoms with Crippen LogP contribution in [0.2, 0.25) is 5.02 Å². The Morgan fingerprint density at radius 3 is 2.55 bits per heavy atom. The van der Waals surface area contributed by atoms with Crippen molar-refractivity contribution in [2.24, 2.45) is 0 Å². The van der Waals surface area contributed by atoms with Gasteiger partial charge >= 0.3 is 0 Å². The maximum atomic E-state index is 13.9. The first-order chi connectivity index (χ1) is 9.22. The van der Waals surface area contributed by atoms with Crippen molar-refractivity contribution in [1.29, 1.82) is 0 Å². The highest BCUT2D eigenvalue weighted by Gasteiger charge is 2.39. The largest absolute Gasteiger partial charge is 0.374 e. The summed E-state index contributed by atoms with van der Waals surface area (Å²) in [5.74, 6) is -2.19. The molecule has 0 atom stereocenters. The lowest BCUT2D eigenvalue weighted by atomic mass is 10.1. The van der Waals surface area contributed by atoms with Crippen molar-refractivity contribution in [3.8, 4) is 0 Å². The number of hydrogen-bond donors (Lipinski definition) is 0. The summed E-state index contributed by atoms with van der Waals surface area (Å²) in [4.78, 5) is 24.9. The Morgan fingerprint density at radius 2 is 1.95 bits per heavy atom. The predicted octanol–water partition coefficient (Wildman–Crippen LogP) is 2.82. The molecule has 0 N–H and O–H groups in total. The van der Waals surface area contributed by atoms with Crippen LogP contribution < -0.4 is 4.90 Å². The molecule has 6 heteroatoms. The van der Waals surface area contributed by atoms with Gasteiger partial charge in [0.1, 0.15) is 5.82 Å². The van der Waals surface area contributed by atoms with E-state index in [9.17, 15) is 14.0 Å². The minimum atomic E-state index is -0.778. The fraction of sp³-hybridized carbons (Fsp3) is 0.429. The predicted molar refractivity (Wildman–Crippen MR) is 73.8 cm³/mol. The molecule has 0 unspecified atom stereocenters. The van der Waals surface area contributed by atoms with Gasteiger partial charge in [-0.3, -0.25) is 14.5 Å². The topological polar surface area (TPSA) is 46.6 Å². The molecule has 4 nitrogen and oxygen atoms in total. The van der Waals surface area contributed by atoms with Crippen molar-refractivity contribution in [2.45, 2.75) is 26.4 Å². The molecule has 0 bridgehead atoms. The fourth-order valence-corrected chi connectivity index (χ4v) is 2.25. The zero-order valence-corrected chi connectivity index (χ0v) is 12.3. The molecule has 0 saturated carbocycles. The summed E-state index contributed by atoms with van der Waals surface area (Å²) in [6.07, 6.45) is 0. The van der Waals surface area contributed by atoms with Gasteiger partial charge in [-0.05, 0) is 32.9 Å². The van der Waals surface area contributed by atoms with E-state index in [0.717, 1.165) is 11.0 Å². The lowest BCUT2D eigenvalue weighted by molar-refractivity contribution is -0.114. The number of rotatable bonds is 3.